The molecule has 3 heterocycles. The van der Waals surface area contributed by atoms with Crippen LogP contribution in [0.2, 0.25) is 0 Å². The first-order valence-corrected chi connectivity index (χ1v) is 9.52. The summed E-state index contributed by atoms with van der Waals surface area (Å²) < 4.78 is 16.5. The minimum Gasteiger partial charge on any atom is -0.495 e. The van der Waals surface area contributed by atoms with Gasteiger partial charge in [0.2, 0.25) is 11.8 Å². The second-order valence-electron chi connectivity index (χ2n) is 7.09. The highest BCUT2D eigenvalue weighted by atomic mass is 16.5. The molecule has 2 aliphatic rings. The number of benzene rings is 1. The molecule has 0 unspecified atom stereocenters. The second-order valence-corrected chi connectivity index (χ2v) is 7.09. The summed E-state index contributed by atoms with van der Waals surface area (Å²) >= 11 is 0. The number of anilines is 1. The number of hydrogen-bond acceptors (Lipinski definition) is 7. The molecule has 2 N–H and O–H groups in total. The maximum atomic E-state index is 12.6. The van der Waals surface area contributed by atoms with E-state index in [0.717, 1.165) is 13.1 Å². The highest BCUT2D eigenvalue weighted by Crippen LogP contribution is 2.30. The summed E-state index contributed by atoms with van der Waals surface area (Å²) in [5.41, 5.74) is 1.24. The number of ether oxygens (including phenoxy) is 2. The van der Waals surface area contributed by atoms with Crippen LogP contribution in [0.15, 0.2) is 22.6 Å². The SMILES string of the molecule is COc1ccc(-c2nnc(C)o2)cc1NC(=O)N[C@@H]1COC[C@H]1N1CCCC1. The largest absolute Gasteiger partial charge is 0.495 e. The molecule has 0 spiro atoms. The smallest absolute Gasteiger partial charge is 0.319 e. The Kier molecular flexibility index (Phi) is 5.45. The van der Waals surface area contributed by atoms with Crippen molar-refractivity contribution in [2.75, 3.05) is 38.7 Å². The van der Waals surface area contributed by atoms with Gasteiger partial charge < -0.3 is 24.5 Å². The molecule has 150 valence electrons. The van der Waals surface area contributed by atoms with Crippen LogP contribution in [0.3, 0.4) is 0 Å². The van der Waals surface area contributed by atoms with Crippen LogP contribution in [0.1, 0.15) is 18.7 Å². The van der Waals surface area contributed by atoms with Gasteiger partial charge in [-0.25, -0.2) is 4.79 Å². The molecule has 0 aliphatic carbocycles. The average Bonchev–Trinajstić information content (AvgIpc) is 3.43. The van der Waals surface area contributed by atoms with Gasteiger partial charge in [-0.2, -0.15) is 0 Å². The molecule has 0 radical (unpaired) electrons. The van der Waals surface area contributed by atoms with Crippen LogP contribution < -0.4 is 15.4 Å². The summed E-state index contributed by atoms with van der Waals surface area (Å²) in [5, 5.41) is 13.8. The van der Waals surface area contributed by atoms with Gasteiger partial charge in [-0.1, -0.05) is 0 Å². The number of hydrogen-bond donors (Lipinski definition) is 2. The maximum Gasteiger partial charge on any atom is 0.319 e. The van der Waals surface area contributed by atoms with Gasteiger partial charge in [-0.05, 0) is 44.1 Å². The summed E-state index contributed by atoms with van der Waals surface area (Å²) in [6.45, 7) is 5.03. The highest BCUT2D eigenvalue weighted by Gasteiger charge is 2.35. The van der Waals surface area contributed by atoms with Crippen molar-refractivity contribution in [3.63, 3.8) is 0 Å². The Balaban J connectivity index is 1.46. The zero-order chi connectivity index (χ0) is 19.5. The first-order chi connectivity index (χ1) is 13.6. The third-order valence-corrected chi connectivity index (χ3v) is 5.20. The van der Waals surface area contributed by atoms with Gasteiger partial charge in [0.25, 0.3) is 0 Å². The lowest BCUT2D eigenvalue weighted by molar-refractivity contribution is 0.159. The van der Waals surface area contributed by atoms with Crippen LogP contribution in [0.5, 0.6) is 5.75 Å². The van der Waals surface area contributed by atoms with E-state index in [9.17, 15) is 4.79 Å². The minimum absolute atomic E-state index is 0.0362. The Bertz CT molecular complexity index is 833. The Hall–Kier alpha value is -2.65. The van der Waals surface area contributed by atoms with E-state index in [-0.39, 0.29) is 18.1 Å². The van der Waals surface area contributed by atoms with Crippen molar-refractivity contribution in [2.45, 2.75) is 31.8 Å². The first-order valence-electron chi connectivity index (χ1n) is 9.52. The molecule has 0 saturated carbocycles. The molecule has 2 aromatic rings. The molecule has 2 saturated heterocycles. The molecule has 2 atom stereocenters. The molecule has 9 heteroatoms. The number of amides is 2. The van der Waals surface area contributed by atoms with E-state index in [2.05, 4.69) is 25.7 Å². The number of nitrogens with zero attached hydrogens (tertiary/aromatic N) is 3. The quantitative estimate of drug-likeness (QED) is 0.809. The van der Waals surface area contributed by atoms with Crippen LogP contribution in [0.25, 0.3) is 11.5 Å². The Labute approximate surface area is 163 Å². The van der Waals surface area contributed by atoms with Crippen LogP contribution >= 0.6 is 0 Å². The van der Waals surface area contributed by atoms with Crippen molar-refractivity contribution in [3.8, 4) is 17.2 Å². The van der Waals surface area contributed by atoms with Crippen molar-refractivity contribution >= 4 is 11.7 Å². The summed E-state index contributed by atoms with van der Waals surface area (Å²) in [6, 6.07) is 5.22. The monoisotopic (exact) mass is 387 g/mol. The summed E-state index contributed by atoms with van der Waals surface area (Å²) in [6.07, 6.45) is 2.41. The van der Waals surface area contributed by atoms with Gasteiger partial charge in [0.15, 0.2) is 0 Å². The zero-order valence-corrected chi connectivity index (χ0v) is 16.1. The van der Waals surface area contributed by atoms with Crippen molar-refractivity contribution in [2.24, 2.45) is 0 Å². The van der Waals surface area contributed by atoms with Gasteiger partial charge in [-0.3, -0.25) is 4.90 Å². The third-order valence-electron chi connectivity index (χ3n) is 5.20. The molecule has 28 heavy (non-hydrogen) atoms. The molecular weight excluding hydrogens is 362 g/mol. The standard InChI is InChI=1S/C19H25N5O4/c1-12-22-23-18(28-12)13-5-6-17(26-2)14(9-13)20-19(25)21-15-10-27-11-16(15)24-7-3-4-8-24/h5-6,9,15-16H,3-4,7-8,10-11H2,1-2H3,(H2,20,21,25)/t15-,16-/m1/s1. The molecule has 2 amide bonds. The Morgan fingerprint density at radius 1 is 1.25 bits per heavy atom. The van der Waals surface area contributed by atoms with Gasteiger partial charge in [-0.15, -0.1) is 10.2 Å². The van der Waals surface area contributed by atoms with Crippen LogP contribution in [-0.2, 0) is 4.74 Å². The van der Waals surface area contributed by atoms with E-state index in [1.54, 1.807) is 26.2 Å². The minimum atomic E-state index is -0.295. The molecule has 0 bridgehead atoms. The zero-order valence-electron chi connectivity index (χ0n) is 16.1. The number of aromatic nitrogens is 2. The number of aryl methyl sites for hydroxylation is 1. The van der Waals surface area contributed by atoms with Gasteiger partial charge >= 0.3 is 6.03 Å². The Morgan fingerprint density at radius 3 is 2.79 bits per heavy atom. The fourth-order valence-corrected chi connectivity index (χ4v) is 3.79. The van der Waals surface area contributed by atoms with Gasteiger partial charge in [0.05, 0.1) is 38.1 Å². The second kappa shape index (κ2) is 8.15. The van der Waals surface area contributed by atoms with E-state index in [1.807, 2.05) is 6.07 Å². The molecule has 1 aromatic carbocycles. The number of methoxy groups -OCH3 is 1. The first kappa shape index (κ1) is 18.7. The van der Waals surface area contributed by atoms with Gasteiger partial charge in [0, 0.05) is 12.5 Å². The van der Waals surface area contributed by atoms with E-state index in [1.165, 1.54) is 12.8 Å². The molecular formula is C19H25N5O4. The molecule has 2 aliphatic heterocycles. The van der Waals surface area contributed by atoms with E-state index >= 15 is 0 Å². The third kappa shape index (κ3) is 3.95. The molecule has 9 nitrogen and oxygen atoms in total. The number of carbonyl (C=O) groups excluding carboxylic acids is 1. The molecule has 2 fully saturated rings. The lowest BCUT2D eigenvalue weighted by Crippen LogP contribution is -2.51. The number of likely N-dealkylation sites (tertiary alicyclic amines) is 1. The predicted molar refractivity (Wildman–Crippen MR) is 102 cm³/mol. The summed E-state index contributed by atoms with van der Waals surface area (Å²) in [5.74, 6) is 1.42. The number of rotatable bonds is 5. The van der Waals surface area contributed by atoms with E-state index in [0.29, 0.717) is 42.0 Å². The number of nitrogens with one attached hydrogen (secondary N) is 2. The average molecular weight is 387 g/mol. The summed E-state index contributed by atoms with van der Waals surface area (Å²) in [7, 11) is 1.56. The number of urea groups is 1. The van der Waals surface area contributed by atoms with Crippen LogP contribution in [-0.4, -0.2) is 66.6 Å². The van der Waals surface area contributed by atoms with Crippen molar-refractivity contribution in [1.82, 2.24) is 20.4 Å². The van der Waals surface area contributed by atoms with Gasteiger partial charge in [0.1, 0.15) is 5.75 Å². The van der Waals surface area contributed by atoms with Crippen LogP contribution in [0, 0.1) is 6.92 Å². The van der Waals surface area contributed by atoms with Crippen LogP contribution in [0.4, 0.5) is 10.5 Å². The van der Waals surface area contributed by atoms with Crippen molar-refractivity contribution in [1.29, 1.82) is 0 Å². The van der Waals surface area contributed by atoms with Crippen molar-refractivity contribution in [3.05, 3.63) is 24.1 Å². The predicted octanol–water partition coefficient (Wildman–Crippen LogP) is 2.04. The normalized spacial score (nSPS) is 22.4. The molecule has 4 rings (SSSR count). The fraction of sp³-hybridized carbons (Fsp3) is 0.526. The number of carbonyl (C=O) groups is 1. The Morgan fingerprint density at radius 2 is 2.07 bits per heavy atom. The topological polar surface area (TPSA) is 102 Å². The molecule has 1 aromatic heterocycles. The summed E-state index contributed by atoms with van der Waals surface area (Å²) in [4.78, 5) is 15.0. The van der Waals surface area contributed by atoms with E-state index in [4.69, 9.17) is 13.9 Å². The van der Waals surface area contributed by atoms with E-state index < -0.39 is 0 Å². The lowest BCUT2D eigenvalue weighted by atomic mass is 10.1. The highest BCUT2D eigenvalue weighted by molar-refractivity contribution is 5.92. The fourth-order valence-electron chi connectivity index (χ4n) is 3.79. The van der Waals surface area contributed by atoms with Crippen molar-refractivity contribution < 1.29 is 18.7 Å². The maximum absolute atomic E-state index is 12.6. The lowest BCUT2D eigenvalue weighted by Gasteiger charge is -2.28.